The molecule has 1 unspecified atom stereocenters. The summed E-state index contributed by atoms with van der Waals surface area (Å²) < 4.78 is 14.5. The lowest BCUT2D eigenvalue weighted by molar-refractivity contribution is 0.0938. The van der Waals surface area contributed by atoms with Crippen LogP contribution in [0.15, 0.2) is 48.5 Å². The fourth-order valence-electron chi connectivity index (χ4n) is 1.82. The molecule has 0 fully saturated rings. The molecule has 0 aromatic heterocycles. The van der Waals surface area contributed by atoms with Crippen LogP contribution in [0, 0.1) is 9.39 Å². The molecule has 2 nitrogen and oxygen atoms in total. The van der Waals surface area contributed by atoms with Crippen LogP contribution in [-0.2, 0) is 0 Å². The zero-order chi connectivity index (χ0) is 13.8. The van der Waals surface area contributed by atoms with Crippen LogP contribution >= 0.6 is 22.6 Å². The van der Waals surface area contributed by atoms with Gasteiger partial charge in [0.05, 0.1) is 11.6 Å². The summed E-state index contributed by atoms with van der Waals surface area (Å²) >= 11 is 2.11. The predicted octanol–water partition coefficient (Wildman–Crippen LogP) is 3.92. The van der Waals surface area contributed by atoms with Crippen molar-refractivity contribution >= 4 is 28.5 Å². The quantitative estimate of drug-likeness (QED) is 0.817. The second kappa shape index (κ2) is 6.14. The molecule has 2 rings (SSSR count). The van der Waals surface area contributed by atoms with Crippen molar-refractivity contribution in [3.8, 4) is 0 Å². The van der Waals surface area contributed by atoms with Gasteiger partial charge in [-0.05, 0) is 47.7 Å². The Morgan fingerprint density at radius 1 is 1.16 bits per heavy atom. The molecule has 0 saturated heterocycles. The second-order valence-corrected chi connectivity index (χ2v) is 5.36. The van der Waals surface area contributed by atoms with E-state index in [1.165, 1.54) is 6.07 Å². The molecule has 98 valence electrons. The van der Waals surface area contributed by atoms with Crippen LogP contribution in [0.5, 0.6) is 0 Å². The highest BCUT2D eigenvalue weighted by atomic mass is 127. The van der Waals surface area contributed by atoms with Gasteiger partial charge in [0.25, 0.3) is 5.91 Å². The third-order valence-electron chi connectivity index (χ3n) is 2.84. The number of rotatable bonds is 3. The van der Waals surface area contributed by atoms with Crippen molar-refractivity contribution in [3.63, 3.8) is 0 Å². The van der Waals surface area contributed by atoms with Crippen molar-refractivity contribution in [2.45, 2.75) is 13.0 Å². The minimum atomic E-state index is -0.371. The lowest BCUT2D eigenvalue weighted by atomic mass is 10.1. The van der Waals surface area contributed by atoms with Crippen LogP contribution in [0.4, 0.5) is 4.39 Å². The van der Waals surface area contributed by atoms with Gasteiger partial charge in [-0.25, -0.2) is 4.39 Å². The van der Waals surface area contributed by atoms with Gasteiger partial charge in [-0.1, -0.05) is 30.3 Å². The Labute approximate surface area is 125 Å². The van der Waals surface area contributed by atoms with Crippen LogP contribution in [0.25, 0.3) is 0 Å². The molecule has 0 aliphatic rings. The van der Waals surface area contributed by atoms with Crippen molar-refractivity contribution in [3.05, 3.63) is 69.0 Å². The Hall–Kier alpha value is -1.43. The zero-order valence-corrected chi connectivity index (χ0v) is 12.5. The number of hydrogen-bond acceptors (Lipinski definition) is 1. The minimum absolute atomic E-state index is 0.194. The summed E-state index contributed by atoms with van der Waals surface area (Å²) in [4.78, 5) is 12.1. The first-order valence-corrected chi connectivity index (χ1v) is 6.97. The van der Waals surface area contributed by atoms with Gasteiger partial charge in [-0.3, -0.25) is 4.79 Å². The fraction of sp³-hybridized carbons (Fsp3) is 0.133. The van der Waals surface area contributed by atoms with Gasteiger partial charge in [0.2, 0.25) is 0 Å². The van der Waals surface area contributed by atoms with E-state index in [4.69, 9.17) is 0 Å². The first-order chi connectivity index (χ1) is 9.09. The number of carbonyl (C=O) groups excluding carboxylic acids is 1. The molecule has 0 radical (unpaired) electrons. The second-order valence-electron chi connectivity index (χ2n) is 4.20. The largest absolute Gasteiger partial charge is 0.345 e. The lowest BCUT2D eigenvalue weighted by Crippen LogP contribution is -2.27. The SMILES string of the molecule is CC(NC(=O)c1ccccc1I)c1ccccc1F. The normalized spacial score (nSPS) is 11.9. The molecule has 0 spiro atoms. The maximum atomic E-state index is 13.6. The Kier molecular flexibility index (Phi) is 4.52. The van der Waals surface area contributed by atoms with Crippen LogP contribution in [0.2, 0.25) is 0 Å². The number of amides is 1. The van der Waals surface area contributed by atoms with Gasteiger partial charge in [-0.15, -0.1) is 0 Å². The maximum absolute atomic E-state index is 13.6. The lowest BCUT2D eigenvalue weighted by Gasteiger charge is -2.15. The van der Waals surface area contributed by atoms with Crippen molar-refractivity contribution in [1.29, 1.82) is 0 Å². The molecule has 0 saturated carbocycles. The van der Waals surface area contributed by atoms with Crippen molar-refractivity contribution in [2.75, 3.05) is 0 Å². The number of halogens is 2. The number of benzene rings is 2. The smallest absolute Gasteiger partial charge is 0.252 e. The molecule has 2 aromatic carbocycles. The molecule has 0 bridgehead atoms. The Morgan fingerprint density at radius 2 is 1.79 bits per heavy atom. The summed E-state index contributed by atoms with van der Waals surface area (Å²) in [6, 6.07) is 13.4. The average molecular weight is 369 g/mol. The van der Waals surface area contributed by atoms with E-state index in [2.05, 4.69) is 27.9 Å². The molecule has 0 aliphatic carbocycles. The standard InChI is InChI=1S/C15H13FINO/c1-10(11-6-2-4-8-13(11)16)18-15(19)12-7-3-5-9-14(12)17/h2-10H,1H3,(H,18,19). The molecular formula is C15H13FINO. The summed E-state index contributed by atoms with van der Waals surface area (Å²) in [5.41, 5.74) is 1.09. The van der Waals surface area contributed by atoms with Gasteiger partial charge < -0.3 is 5.32 Å². The highest BCUT2D eigenvalue weighted by Gasteiger charge is 2.15. The molecule has 1 N–H and O–H groups in total. The molecule has 1 amide bonds. The Bertz CT molecular complexity index is 600. The van der Waals surface area contributed by atoms with E-state index < -0.39 is 0 Å². The first-order valence-electron chi connectivity index (χ1n) is 5.89. The van der Waals surface area contributed by atoms with E-state index in [9.17, 15) is 9.18 Å². The van der Waals surface area contributed by atoms with Crippen LogP contribution in [-0.4, -0.2) is 5.91 Å². The van der Waals surface area contributed by atoms with E-state index in [1.54, 1.807) is 31.2 Å². The van der Waals surface area contributed by atoms with Crippen molar-refractivity contribution in [2.24, 2.45) is 0 Å². The van der Waals surface area contributed by atoms with E-state index in [1.807, 2.05) is 18.2 Å². The van der Waals surface area contributed by atoms with Gasteiger partial charge in [0.15, 0.2) is 0 Å². The molecule has 1 atom stereocenters. The Balaban J connectivity index is 2.16. The molecular weight excluding hydrogens is 356 g/mol. The van der Waals surface area contributed by atoms with Crippen LogP contribution in [0.3, 0.4) is 0 Å². The summed E-state index contributed by atoms with van der Waals surface area (Å²) in [5, 5.41) is 2.81. The van der Waals surface area contributed by atoms with Gasteiger partial charge >= 0.3 is 0 Å². The highest BCUT2D eigenvalue weighted by molar-refractivity contribution is 14.1. The average Bonchev–Trinajstić information content (AvgIpc) is 2.39. The Morgan fingerprint density at radius 3 is 2.47 bits per heavy atom. The predicted molar refractivity (Wildman–Crippen MR) is 81.4 cm³/mol. The first kappa shape index (κ1) is 14.0. The number of hydrogen-bond donors (Lipinski definition) is 1. The monoisotopic (exact) mass is 369 g/mol. The van der Waals surface area contributed by atoms with Gasteiger partial charge in [-0.2, -0.15) is 0 Å². The summed E-state index contributed by atoms with van der Waals surface area (Å²) in [5.74, 6) is -0.501. The molecule has 0 heterocycles. The minimum Gasteiger partial charge on any atom is -0.345 e. The van der Waals surface area contributed by atoms with Crippen molar-refractivity contribution < 1.29 is 9.18 Å². The van der Waals surface area contributed by atoms with Gasteiger partial charge in [0, 0.05) is 9.13 Å². The third kappa shape index (κ3) is 3.32. The number of nitrogens with one attached hydrogen (secondary N) is 1. The van der Waals surface area contributed by atoms with E-state index in [0.717, 1.165) is 3.57 Å². The molecule has 0 aliphatic heterocycles. The molecule has 4 heteroatoms. The van der Waals surface area contributed by atoms with E-state index >= 15 is 0 Å². The fourth-order valence-corrected chi connectivity index (χ4v) is 2.46. The zero-order valence-electron chi connectivity index (χ0n) is 10.4. The third-order valence-corrected chi connectivity index (χ3v) is 3.78. The van der Waals surface area contributed by atoms with E-state index in [0.29, 0.717) is 11.1 Å². The maximum Gasteiger partial charge on any atom is 0.252 e. The summed E-state index contributed by atoms with van der Waals surface area (Å²) in [6.45, 7) is 1.77. The number of carbonyl (C=O) groups is 1. The summed E-state index contributed by atoms with van der Waals surface area (Å²) in [7, 11) is 0. The van der Waals surface area contributed by atoms with Crippen molar-refractivity contribution in [1.82, 2.24) is 5.32 Å². The van der Waals surface area contributed by atoms with Crippen LogP contribution < -0.4 is 5.32 Å². The molecule has 2 aromatic rings. The highest BCUT2D eigenvalue weighted by Crippen LogP contribution is 2.18. The summed E-state index contributed by atoms with van der Waals surface area (Å²) in [6.07, 6.45) is 0. The van der Waals surface area contributed by atoms with E-state index in [-0.39, 0.29) is 17.8 Å². The molecule has 19 heavy (non-hydrogen) atoms. The van der Waals surface area contributed by atoms with Gasteiger partial charge in [0.1, 0.15) is 5.82 Å². The van der Waals surface area contributed by atoms with Crippen LogP contribution in [0.1, 0.15) is 28.9 Å². The topological polar surface area (TPSA) is 29.1 Å².